The highest BCUT2D eigenvalue weighted by atomic mass is 32.1. The monoisotopic (exact) mass is 413 g/mol. The van der Waals surface area contributed by atoms with Gasteiger partial charge in [-0.25, -0.2) is 0 Å². The lowest BCUT2D eigenvalue weighted by Gasteiger charge is -2.46. The van der Waals surface area contributed by atoms with Crippen LogP contribution in [0.3, 0.4) is 0 Å². The van der Waals surface area contributed by atoms with Crippen LogP contribution in [-0.2, 0) is 4.74 Å². The summed E-state index contributed by atoms with van der Waals surface area (Å²) >= 11 is 1.56. The van der Waals surface area contributed by atoms with Crippen LogP contribution >= 0.6 is 11.3 Å². The number of ether oxygens (including phenoxy) is 1. The third-order valence-electron chi connectivity index (χ3n) is 6.00. The Balaban J connectivity index is 1.29. The Kier molecular flexibility index (Phi) is 5.96. The van der Waals surface area contributed by atoms with Gasteiger partial charge in [-0.2, -0.15) is 0 Å². The van der Waals surface area contributed by atoms with Crippen molar-refractivity contribution in [2.45, 2.75) is 38.2 Å². The van der Waals surface area contributed by atoms with Crippen molar-refractivity contribution in [2.24, 2.45) is 5.92 Å². The van der Waals surface area contributed by atoms with Gasteiger partial charge in [-0.05, 0) is 62.8 Å². The summed E-state index contributed by atoms with van der Waals surface area (Å²) in [6.07, 6.45) is 6.87. The van der Waals surface area contributed by atoms with Gasteiger partial charge in [0.05, 0.1) is 10.5 Å². The Labute approximate surface area is 175 Å². The minimum absolute atomic E-state index is 0.0559. The molecule has 2 saturated heterocycles. The summed E-state index contributed by atoms with van der Waals surface area (Å²) in [6.45, 7) is 4.85. The maximum absolute atomic E-state index is 12.7. The van der Waals surface area contributed by atoms with Gasteiger partial charge < -0.3 is 15.0 Å². The summed E-state index contributed by atoms with van der Waals surface area (Å²) in [5.41, 5.74) is 0.476. The first-order chi connectivity index (χ1) is 14.0. The van der Waals surface area contributed by atoms with Crippen LogP contribution in [-0.4, -0.2) is 53.5 Å². The lowest BCUT2D eigenvalue weighted by atomic mass is 9.79. The van der Waals surface area contributed by atoms with Gasteiger partial charge >= 0.3 is 0 Å². The molecule has 2 amide bonds. The van der Waals surface area contributed by atoms with Crippen LogP contribution in [0.2, 0.25) is 0 Å². The molecule has 7 heteroatoms. The molecule has 2 aliphatic heterocycles. The number of hydrogen-bond donors (Lipinski definition) is 1. The zero-order valence-electron chi connectivity index (χ0n) is 16.7. The molecule has 0 saturated carbocycles. The average molecular weight is 414 g/mol. The smallest absolute Gasteiger partial charge is 0.263 e. The Morgan fingerprint density at radius 3 is 2.69 bits per heavy atom. The number of aromatic nitrogens is 1. The number of carbonyl (C=O) groups excluding carboxylic acids is 2. The first-order valence-electron chi connectivity index (χ1n) is 10.2. The van der Waals surface area contributed by atoms with Gasteiger partial charge in [-0.1, -0.05) is 0 Å². The molecule has 4 heterocycles. The second kappa shape index (κ2) is 8.63. The van der Waals surface area contributed by atoms with Crippen LogP contribution in [0.4, 0.5) is 0 Å². The summed E-state index contributed by atoms with van der Waals surface area (Å²) < 4.78 is 6.21. The fourth-order valence-corrected chi connectivity index (χ4v) is 5.15. The maximum Gasteiger partial charge on any atom is 0.263 e. The van der Waals surface area contributed by atoms with Crippen molar-refractivity contribution < 1.29 is 14.3 Å². The van der Waals surface area contributed by atoms with E-state index in [2.05, 4.69) is 10.3 Å². The zero-order chi connectivity index (χ0) is 20.3. The van der Waals surface area contributed by atoms with Gasteiger partial charge in [0.2, 0.25) is 0 Å². The van der Waals surface area contributed by atoms with Crippen LogP contribution in [0.15, 0.2) is 36.7 Å². The lowest BCUT2D eigenvalue weighted by molar-refractivity contribution is -0.122. The molecular formula is C22H27N3O3S. The van der Waals surface area contributed by atoms with Crippen molar-refractivity contribution in [3.8, 4) is 0 Å². The number of likely N-dealkylation sites (tertiary alicyclic amines) is 1. The second-order valence-corrected chi connectivity index (χ2v) is 9.33. The van der Waals surface area contributed by atoms with Gasteiger partial charge in [0, 0.05) is 49.1 Å². The van der Waals surface area contributed by atoms with Crippen LogP contribution in [0.25, 0.3) is 0 Å². The highest BCUT2D eigenvalue weighted by Crippen LogP contribution is 2.38. The number of pyridine rings is 1. The maximum atomic E-state index is 12.7. The summed E-state index contributed by atoms with van der Waals surface area (Å²) in [6, 6.07) is 7.37. The number of nitrogens with zero attached hydrogens (tertiary/aromatic N) is 2. The van der Waals surface area contributed by atoms with Crippen LogP contribution in [0.1, 0.15) is 50.6 Å². The molecule has 2 aromatic heterocycles. The molecule has 0 aliphatic carbocycles. The minimum atomic E-state index is -0.160. The Bertz CT molecular complexity index is 859. The van der Waals surface area contributed by atoms with E-state index in [4.69, 9.17) is 4.74 Å². The Hall–Kier alpha value is -2.25. The fraction of sp³-hybridized carbons (Fsp3) is 0.500. The van der Waals surface area contributed by atoms with E-state index >= 15 is 0 Å². The first-order valence-corrected chi connectivity index (χ1v) is 11.0. The molecule has 2 aromatic rings. The molecule has 0 bridgehead atoms. The fourth-order valence-electron chi connectivity index (χ4n) is 4.32. The molecule has 2 fully saturated rings. The SMILES string of the molecule is Cc1ccc(C(=O)N2CCC3(CC2)CC(CNC(=O)c2ccncc2)CCO3)s1. The largest absolute Gasteiger partial charge is 0.375 e. The molecule has 1 N–H and O–H groups in total. The minimum Gasteiger partial charge on any atom is -0.375 e. The van der Waals surface area contributed by atoms with E-state index in [-0.39, 0.29) is 17.4 Å². The topological polar surface area (TPSA) is 71.5 Å². The van der Waals surface area contributed by atoms with Crippen molar-refractivity contribution in [1.82, 2.24) is 15.2 Å². The van der Waals surface area contributed by atoms with Crippen LogP contribution in [0.5, 0.6) is 0 Å². The summed E-state index contributed by atoms with van der Waals surface area (Å²) in [7, 11) is 0. The van der Waals surface area contributed by atoms with Gasteiger partial charge in [-0.3, -0.25) is 14.6 Å². The van der Waals surface area contributed by atoms with E-state index in [1.54, 1.807) is 35.9 Å². The van der Waals surface area contributed by atoms with Crippen molar-refractivity contribution in [2.75, 3.05) is 26.2 Å². The number of aryl methyl sites for hydroxylation is 1. The van der Waals surface area contributed by atoms with E-state index in [9.17, 15) is 9.59 Å². The lowest BCUT2D eigenvalue weighted by Crippen LogP contribution is -2.51. The van der Waals surface area contributed by atoms with Crippen molar-refractivity contribution in [1.29, 1.82) is 0 Å². The van der Waals surface area contributed by atoms with E-state index in [1.807, 2.05) is 24.0 Å². The quantitative estimate of drug-likeness (QED) is 0.835. The molecular weight excluding hydrogens is 386 g/mol. The standard InChI is InChI=1S/C22H27N3O3S/c1-16-2-3-19(29-16)21(27)25-11-7-22(8-12-25)14-17(6-13-28-22)15-24-20(26)18-4-9-23-10-5-18/h2-5,9-10,17H,6-8,11-15H2,1H3,(H,24,26). The third kappa shape index (κ3) is 4.67. The van der Waals surface area contributed by atoms with E-state index in [1.165, 1.54) is 0 Å². The number of rotatable bonds is 4. The summed E-state index contributed by atoms with van der Waals surface area (Å²) in [5.74, 6) is 0.478. The molecule has 0 radical (unpaired) electrons. The van der Waals surface area contributed by atoms with Gasteiger partial charge in [0.1, 0.15) is 0 Å². The molecule has 154 valence electrons. The number of carbonyl (C=O) groups is 2. The third-order valence-corrected chi connectivity index (χ3v) is 6.99. The summed E-state index contributed by atoms with van der Waals surface area (Å²) in [4.78, 5) is 32.9. The molecule has 0 aromatic carbocycles. The normalized spacial score (nSPS) is 21.1. The average Bonchev–Trinajstić information content (AvgIpc) is 3.19. The molecule has 1 spiro atoms. The molecule has 29 heavy (non-hydrogen) atoms. The number of nitrogens with one attached hydrogen (secondary N) is 1. The summed E-state index contributed by atoms with van der Waals surface area (Å²) in [5, 5.41) is 3.06. The number of thiophene rings is 1. The van der Waals surface area contributed by atoms with Crippen molar-refractivity contribution in [3.05, 3.63) is 52.0 Å². The molecule has 1 atom stereocenters. The zero-order valence-corrected chi connectivity index (χ0v) is 17.5. The highest BCUT2D eigenvalue weighted by molar-refractivity contribution is 7.13. The molecule has 4 rings (SSSR count). The molecule has 1 unspecified atom stereocenters. The number of piperidine rings is 1. The van der Waals surface area contributed by atoms with Gasteiger partial charge in [-0.15, -0.1) is 11.3 Å². The van der Waals surface area contributed by atoms with E-state index in [0.29, 0.717) is 24.6 Å². The van der Waals surface area contributed by atoms with Gasteiger partial charge in [0.15, 0.2) is 0 Å². The molecule has 6 nitrogen and oxygen atoms in total. The second-order valence-electron chi connectivity index (χ2n) is 8.04. The first kappa shape index (κ1) is 20.0. The van der Waals surface area contributed by atoms with E-state index < -0.39 is 0 Å². The number of amides is 2. The Morgan fingerprint density at radius 1 is 1.24 bits per heavy atom. The van der Waals surface area contributed by atoms with Crippen LogP contribution < -0.4 is 5.32 Å². The Morgan fingerprint density at radius 2 is 2.00 bits per heavy atom. The molecule has 2 aliphatic rings. The van der Waals surface area contributed by atoms with Crippen LogP contribution in [0, 0.1) is 12.8 Å². The predicted octanol–water partition coefficient (Wildman–Crippen LogP) is 3.28. The van der Waals surface area contributed by atoms with E-state index in [0.717, 1.165) is 48.5 Å². The predicted molar refractivity (Wildman–Crippen MR) is 112 cm³/mol. The number of hydrogen-bond acceptors (Lipinski definition) is 5. The van der Waals surface area contributed by atoms with Crippen molar-refractivity contribution >= 4 is 23.2 Å². The van der Waals surface area contributed by atoms with Crippen molar-refractivity contribution in [3.63, 3.8) is 0 Å². The highest BCUT2D eigenvalue weighted by Gasteiger charge is 2.41. The van der Waals surface area contributed by atoms with Gasteiger partial charge in [0.25, 0.3) is 11.8 Å².